The molecule has 4 aromatic heterocycles. The average Bonchev–Trinajstić information content (AvgIpc) is 3.88. The molecule has 4 heterocycles. The second-order valence-corrected chi connectivity index (χ2v) is 18.8. The van der Waals surface area contributed by atoms with Gasteiger partial charge < -0.3 is 14.8 Å². The predicted octanol–water partition coefficient (Wildman–Crippen LogP) is 11.6. The maximum Gasteiger partial charge on any atom is 0.408 e. The highest BCUT2D eigenvalue weighted by molar-refractivity contribution is 14.1. The van der Waals surface area contributed by atoms with E-state index in [0.717, 1.165) is 29.8 Å². The number of rotatable bonds is 20. The molecule has 0 aromatic carbocycles. The van der Waals surface area contributed by atoms with E-state index in [0.29, 0.717) is 19.4 Å². The van der Waals surface area contributed by atoms with Crippen LogP contribution in [0.5, 0.6) is 0 Å². The lowest BCUT2D eigenvalue weighted by atomic mass is 10.0. The number of nitrogens with zero attached hydrogens (tertiary/aromatic N) is 3. The molecule has 0 spiro atoms. The largest absolute Gasteiger partial charge is 0.467 e. The number of nitrogens with one attached hydrogen (secondary N) is 1. The molecule has 8 nitrogen and oxygen atoms in total. The van der Waals surface area contributed by atoms with Crippen LogP contribution in [0.1, 0.15) is 116 Å². The number of carbonyl (C=O) groups excluding carboxylic acids is 2. The third-order valence-corrected chi connectivity index (χ3v) is 12.9. The Bertz CT molecular complexity index is 1650. The van der Waals surface area contributed by atoms with Gasteiger partial charge in [0.1, 0.15) is 17.3 Å². The van der Waals surface area contributed by atoms with Crippen LogP contribution in [0.25, 0.3) is 30.1 Å². The lowest BCUT2D eigenvalue weighted by molar-refractivity contribution is -0.143. The summed E-state index contributed by atoms with van der Waals surface area (Å²) >= 11 is 8.16. The molecule has 0 unspecified atom stereocenters. The van der Waals surface area contributed by atoms with Crippen LogP contribution in [-0.4, -0.2) is 45.8 Å². The monoisotopic (exact) mass is 852 g/mol. The highest BCUT2D eigenvalue weighted by Crippen LogP contribution is 2.46. The van der Waals surface area contributed by atoms with Gasteiger partial charge in [-0.25, -0.2) is 9.59 Å². The number of unbranched alkanes of at least 4 members (excludes halogenated alkanes) is 7. The van der Waals surface area contributed by atoms with Crippen molar-refractivity contribution in [2.75, 3.05) is 7.11 Å². The fourth-order valence-corrected chi connectivity index (χ4v) is 10.2. The topological polar surface area (TPSA) is 95.3 Å². The Morgan fingerprint density at radius 1 is 0.860 bits per heavy atom. The minimum atomic E-state index is -0.763. The Morgan fingerprint density at radius 2 is 1.52 bits per heavy atom. The normalized spacial score (nSPS) is 12.3. The van der Waals surface area contributed by atoms with E-state index in [-0.39, 0.29) is 0 Å². The molecule has 0 radical (unpaired) electrons. The summed E-state index contributed by atoms with van der Waals surface area (Å²) in [5.41, 5.74) is 3.18. The Labute approximate surface area is 323 Å². The van der Waals surface area contributed by atoms with E-state index < -0.39 is 23.7 Å². The van der Waals surface area contributed by atoms with E-state index in [4.69, 9.17) is 9.47 Å². The Kier molecular flexibility index (Phi) is 16.3. The van der Waals surface area contributed by atoms with Gasteiger partial charge in [-0.1, -0.05) is 57.6 Å². The van der Waals surface area contributed by atoms with Crippen molar-refractivity contribution in [1.82, 2.24) is 20.3 Å². The number of ether oxygens (including phenoxy) is 2. The van der Waals surface area contributed by atoms with Gasteiger partial charge in [0.15, 0.2) is 0 Å². The molecule has 4 rings (SSSR count). The molecule has 1 atom stereocenters. The zero-order valence-electron chi connectivity index (χ0n) is 30.4. The van der Waals surface area contributed by atoms with Crippen molar-refractivity contribution in [2.45, 2.75) is 136 Å². The van der Waals surface area contributed by atoms with Crippen LogP contribution < -0.4 is 5.32 Å². The van der Waals surface area contributed by atoms with Crippen LogP contribution in [0, 0.1) is 2.88 Å². The second kappa shape index (κ2) is 20.1. The first-order valence-corrected chi connectivity index (χ1v) is 21.5. The molecule has 0 fully saturated rings. The van der Waals surface area contributed by atoms with E-state index in [2.05, 4.69) is 76.3 Å². The average molecular weight is 853 g/mol. The van der Waals surface area contributed by atoms with Crippen LogP contribution in [0.2, 0.25) is 0 Å². The lowest BCUT2D eigenvalue weighted by Gasteiger charge is -2.22. The quantitative estimate of drug-likeness (QED) is 0.0540. The van der Waals surface area contributed by atoms with Gasteiger partial charge in [-0.2, -0.15) is 0 Å². The van der Waals surface area contributed by atoms with Crippen LogP contribution >= 0.6 is 56.6 Å². The number of aromatic nitrogens is 3. The summed E-state index contributed by atoms with van der Waals surface area (Å²) in [5.74, 6) is -0.484. The van der Waals surface area contributed by atoms with E-state index >= 15 is 0 Å². The molecule has 0 aliphatic heterocycles. The van der Waals surface area contributed by atoms with Gasteiger partial charge in [-0.05, 0) is 124 Å². The molecule has 0 saturated heterocycles. The summed E-state index contributed by atoms with van der Waals surface area (Å²) in [7, 11) is 1.32. The standard InChI is InChI=1S/C38H53IN4O4S3/c1-7-9-11-13-17-26-23-32(35-27(24-33(39)50-35)18-14-12-10-8-2)49-34(26)31-21-20-30(48-31)29-25-43(42-41-29)22-16-15-19-28(36(44)46-6)40-37(45)47-38(3,4)5/h20-21,23-25,28H,7-19,22H2,1-6H3,(H,40,45)/t28-/m0/s1. The molecule has 12 heteroatoms. The van der Waals surface area contributed by atoms with Crippen molar-refractivity contribution >= 4 is 68.7 Å². The van der Waals surface area contributed by atoms with Crippen molar-refractivity contribution in [3.63, 3.8) is 0 Å². The van der Waals surface area contributed by atoms with Gasteiger partial charge in [0.25, 0.3) is 0 Å². The molecule has 0 aliphatic rings. The molecule has 274 valence electrons. The number of hydrogen-bond acceptors (Lipinski definition) is 9. The first kappa shape index (κ1) is 40.5. The Balaban J connectivity index is 1.43. The molecule has 4 aromatic rings. The molecule has 0 bridgehead atoms. The van der Waals surface area contributed by atoms with Crippen molar-refractivity contribution < 1.29 is 19.1 Å². The SMILES string of the molecule is CCCCCCc1cc(I)sc1-c1cc(CCCCCC)c(-c2ccc(-c3cn(CCCC[C@H](NC(=O)OC(C)(C)C)C(=O)OC)nn3)s2)s1. The van der Waals surface area contributed by atoms with Gasteiger partial charge >= 0.3 is 12.1 Å². The number of carbonyl (C=O) groups is 2. The fraction of sp³-hybridized carbons (Fsp3) is 0.579. The van der Waals surface area contributed by atoms with Crippen molar-refractivity contribution in [3.05, 3.63) is 44.5 Å². The van der Waals surface area contributed by atoms with Crippen LogP contribution in [-0.2, 0) is 33.7 Å². The Morgan fingerprint density at radius 3 is 2.18 bits per heavy atom. The van der Waals surface area contributed by atoms with Crippen molar-refractivity contribution in [2.24, 2.45) is 0 Å². The van der Waals surface area contributed by atoms with Crippen LogP contribution in [0.4, 0.5) is 4.79 Å². The number of alkyl carbamates (subject to hydrolysis) is 1. The zero-order valence-corrected chi connectivity index (χ0v) is 35.0. The van der Waals surface area contributed by atoms with Crippen molar-refractivity contribution in [1.29, 1.82) is 0 Å². The lowest BCUT2D eigenvalue weighted by Crippen LogP contribution is -2.44. The summed E-state index contributed by atoms with van der Waals surface area (Å²) in [5, 5.41) is 11.5. The highest BCUT2D eigenvalue weighted by atomic mass is 127. The molecule has 1 amide bonds. The summed E-state index contributed by atoms with van der Waals surface area (Å²) in [4.78, 5) is 31.1. The molecule has 0 aliphatic carbocycles. The molecule has 0 saturated carbocycles. The van der Waals surface area contributed by atoms with Crippen LogP contribution in [0.15, 0.2) is 30.5 Å². The van der Waals surface area contributed by atoms with Crippen LogP contribution in [0.3, 0.4) is 0 Å². The number of halogens is 1. The maximum absolute atomic E-state index is 12.3. The van der Waals surface area contributed by atoms with Crippen molar-refractivity contribution in [3.8, 4) is 30.1 Å². The van der Waals surface area contributed by atoms with E-state index in [1.807, 2.05) is 33.6 Å². The van der Waals surface area contributed by atoms with Gasteiger partial charge in [-0.15, -0.1) is 39.1 Å². The Hall–Kier alpha value is -2.29. The number of amides is 1. The summed E-state index contributed by atoms with van der Waals surface area (Å²) in [6.45, 7) is 10.5. The fourth-order valence-electron chi connectivity index (χ4n) is 5.79. The number of methoxy groups -OCH3 is 1. The van der Waals surface area contributed by atoms with E-state index in [1.165, 1.54) is 92.0 Å². The second-order valence-electron chi connectivity index (χ2n) is 13.7. The van der Waals surface area contributed by atoms with Gasteiger partial charge in [-0.3, -0.25) is 4.68 Å². The third kappa shape index (κ3) is 12.4. The number of thiophene rings is 3. The van der Waals surface area contributed by atoms with E-state index in [1.54, 1.807) is 32.1 Å². The van der Waals surface area contributed by atoms with E-state index in [9.17, 15) is 9.59 Å². The predicted molar refractivity (Wildman–Crippen MR) is 217 cm³/mol. The molecular weight excluding hydrogens is 800 g/mol. The smallest absolute Gasteiger partial charge is 0.408 e. The highest BCUT2D eigenvalue weighted by Gasteiger charge is 2.25. The number of esters is 1. The maximum atomic E-state index is 12.3. The summed E-state index contributed by atoms with van der Waals surface area (Å²) in [6, 6.07) is 8.54. The number of hydrogen-bond donors (Lipinski definition) is 1. The first-order valence-electron chi connectivity index (χ1n) is 18.0. The minimum Gasteiger partial charge on any atom is -0.467 e. The first-order chi connectivity index (χ1) is 24.0. The summed E-state index contributed by atoms with van der Waals surface area (Å²) < 4.78 is 13.4. The number of aryl methyl sites for hydroxylation is 3. The molecule has 1 N–H and O–H groups in total. The molecular formula is C38H53IN4O4S3. The third-order valence-electron chi connectivity index (χ3n) is 8.34. The minimum absolute atomic E-state index is 0.441. The van der Waals surface area contributed by atoms with Gasteiger partial charge in [0, 0.05) is 26.1 Å². The molecule has 50 heavy (non-hydrogen) atoms. The van der Waals surface area contributed by atoms with Gasteiger partial charge in [0.05, 0.1) is 21.1 Å². The van der Waals surface area contributed by atoms with Gasteiger partial charge in [0.2, 0.25) is 0 Å². The zero-order chi connectivity index (χ0) is 36.1. The summed E-state index contributed by atoms with van der Waals surface area (Å²) in [6.07, 6.45) is 15.7.